The molecule has 0 aliphatic rings. The number of nitrogens with zero attached hydrogens (tertiary/aromatic N) is 2. The van der Waals surface area contributed by atoms with E-state index in [2.05, 4.69) is 9.71 Å². The summed E-state index contributed by atoms with van der Waals surface area (Å²) in [5, 5.41) is 2.02. The number of fused-ring (bicyclic) bond motifs is 1. The first kappa shape index (κ1) is 30.6. The maximum Gasteiger partial charge on any atom is 0.281 e. The standard InChI is InChI=1S/C33H31Cl2N3O4S/c1-21-7-4-9-27(15-21)43(40,41)37-33(39)32-29(10-6-14-42-26-16-22(2)31(35)23(3)17-26)28-12-11-25(34)18-30(28)38(32)20-24-8-5-13-36-19-24/h4-5,7-9,11-13,15-19H,6,10,14,20H2,1-3H3,(H,37,39). The van der Waals surface area contributed by atoms with E-state index in [0.29, 0.717) is 46.3 Å². The summed E-state index contributed by atoms with van der Waals surface area (Å²) in [5.41, 5.74) is 5.15. The van der Waals surface area contributed by atoms with Crippen LogP contribution in [0.15, 0.2) is 84.0 Å². The maximum absolute atomic E-state index is 14.0. The average molecular weight is 637 g/mol. The number of amides is 1. The Labute approximate surface area is 261 Å². The molecule has 5 aromatic rings. The molecule has 0 saturated heterocycles. The highest BCUT2D eigenvalue weighted by Crippen LogP contribution is 2.32. The lowest BCUT2D eigenvalue weighted by Gasteiger charge is -2.14. The lowest BCUT2D eigenvalue weighted by Crippen LogP contribution is -2.33. The second-order valence-electron chi connectivity index (χ2n) is 10.5. The number of sulfonamides is 1. The van der Waals surface area contributed by atoms with E-state index in [0.717, 1.165) is 27.6 Å². The highest BCUT2D eigenvalue weighted by molar-refractivity contribution is 7.90. The summed E-state index contributed by atoms with van der Waals surface area (Å²) in [6, 6.07) is 19.4. The van der Waals surface area contributed by atoms with Crippen molar-refractivity contribution in [3.05, 3.63) is 123 Å². The first-order valence-electron chi connectivity index (χ1n) is 13.8. The first-order chi connectivity index (χ1) is 20.5. The van der Waals surface area contributed by atoms with E-state index in [9.17, 15) is 13.2 Å². The van der Waals surface area contributed by atoms with Gasteiger partial charge in [0.2, 0.25) is 0 Å². The Morgan fingerprint density at radius 1 is 0.977 bits per heavy atom. The van der Waals surface area contributed by atoms with E-state index in [-0.39, 0.29) is 17.1 Å². The van der Waals surface area contributed by atoms with Crippen molar-refractivity contribution in [2.24, 2.45) is 0 Å². The van der Waals surface area contributed by atoms with Gasteiger partial charge in [-0.15, -0.1) is 0 Å². The van der Waals surface area contributed by atoms with Gasteiger partial charge in [0.15, 0.2) is 0 Å². The van der Waals surface area contributed by atoms with Crippen molar-refractivity contribution in [3.8, 4) is 5.75 Å². The molecule has 0 bridgehead atoms. The quantitative estimate of drug-likeness (QED) is 0.161. The Morgan fingerprint density at radius 2 is 1.74 bits per heavy atom. The van der Waals surface area contributed by atoms with Crippen molar-refractivity contribution in [2.45, 2.75) is 45.1 Å². The molecule has 0 saturated carbocycles. The molecule has 0 aliphatic carbocycles. The zero-order valence-corrected chi connectivity index (χ0v) is 26.4. The SMILES string of the molecule is Cc1cccc(S(=O)(=O)NC(=O)c2c(CCCOc3cc(C)c(Cl)c(C)c3)c3ccc(Cl)cc3n2Cc2cccnc2)c1. The molecule has 222 valence electrons. The van der Waals surface area contributed by atoms with Crippen molar-refractivity contribution in [3.63, 3.8) is 0 Å². The predicted molar refractivity (Wildman–Crippen MR) is 171 cm³/mol. The molecule has 10 heteroatoms. The van der Waals surface area contributed by atoms with Gasteiger partial charge in [0.25, 0.3) is 15.9 Å². The van der Waals surface area contributed by atoms with Crippen LogP contribution < -0.4 is 9.46 Å². The van der Waals surface area contributed by atoms with Crippen LogP contribution in [0.4, 0.5) is 0 Å². The van der Waals surface area contributed by atoms with Gasteiger partial charge < -0.3 is 9.30 Å². The summed E-state index contributed by atoms with van der Waals surface area (Å²) in [6.07, 6.45) is 4.41. The molecule has 5 rings (SSSR count). The van der Waals surface area contributed by atoms with Crippen LogP contribution in [0.3, 0.4) is 0 Å². The Bertz CT molecular complexity index is 1900. The molecule has 0 spiro atoms. The number of nitrogens with one attached hydrogen (secondary N) is 1. The summed E-state index contributed by atoms with van der Waals surface area (Å²) in [7, 11) is -4.14. The zero-order chi connectivity index (χ0) is 30.7. The van der Waals surface area contributed by atoms with Gasteiger partial charge in [-0.2, -0.15) is 0 Å². The molecule has 2 heterocycles. The lowest BCUT2D eigenvalue weighted by atomic mass is 10.1. The van der Waals surface area contributed by atoms with Crippen LogP contribution in [0.5, 0.6) is 5.75 Å². The molecule has 43 heavy (non-hydrogen) atoms. The van der Waals surface area contributed by atoms with Crippen LogP contribution in [0.1, 0.15) is 44.7 Å². The number of pyridine rings is 1. The van der Waals surface area contributed by atoms with Crippen LogP contribution in [-0.2, 0) is 23.0 Å². The predicted octanol–water partition coefficient (Wildman–Crippen LogP) is 7.45. The van der Waals surface area contributed by atoms with E-state index in [4.69, 9.17) is 27.9 Å². The van der Waals surface area contributed by atoms with Crippen molar-refractivity contribution in [1.82, 2.24) is 14.3 Å². The molecule has 3 aromatic carbocycles. The number of benzene rings is 3. The fourth-order valence-electron chi connectivity index (χ4n) is 5.19. The van der Waals surface area contributed by atoms with Crippen LogP contribution in [0.25, 0.3) is 10.9 Å². The molecular weight excluding hydrogens is 605 g/mol. The lowest BCUT2D eigenvalue weighted by molar-refractivity contribution is 0.0972. The summed E-state index contributed by atoms with van der Waals surface area (Å²) in [5.74, 6) is -0.00927. The van der Waals surface area contributed by atoms with Crippen molar-refractivity contribution in [1.29, 1.82) is 0 Å². The zero-order valence-electron chi connectivity index (χ0n) is 24.0. The van der Waals surface area contributed by atoms with Crippen LogP contribution in [0, 0.1) is 20.8 Å². The molecule has 1 N–H and O–H groups in total. The summed E-state index contributed by atoms with van der Waals surface area (Å²) >= 11 is 12.7. The van der Waals surface area contributed by atoms with E-state index >= 15 is 0 Å². The Hall–Kier alpha value is -3.85. The fraction of sp³-hybridized carbons (Fsp3) is 0.212. The second kappa shape index (κ2) is 12.8. The minimum absolute atomic E-state index is 0.0160. The van der Waals surface area contributed by atoms with Crippen molar-refractivity contribution < 1.29 is 17.9 Å². The largest absolute Gasteiger partial charge is 0.494 e. The van der Waals surface area contributed by atoms with Crippen molar-refractivity contribution >= 4 is 50.0 Å². The van der Waals surface area contributed by atoms with Gasteiger partial charge in [0, 0.05) is 34.4 Å². The van der Waals surface area contributed by atoms with E-state index < -0.39 is 15.9 Å². The highest BCUT2D eigenvalue weighted by atomic mass is 35.5. The number of hydrogen-bond donors (Lipinski definition) is 1. The summed E-state index contributed by atoms with van der Waals surface area (Å²) < 4.78 is 36.8. The monoisotopic (exact) mass is 635 g/mol. The molecular formula is C33H31Cl2N3O4S. The summed E-state index contributed by atoms with van der Waals surface area (Å²) in [4.78, 5) is 18.2. The number of aryl methyl sites for hydroxylation is 4. The number of ether oxygens (including phenoxy) is 1. The maximum atomic E-state index is 14.0. The first-order valence-corrected chi connectivity index (χ1v) is 16.0. The van der Waals surface area contributed by atoms with Gasteiger partial charge in [0.05, 0.1) is 17.0 Å². The molecule has 0 atom stereocenters. The molecule has 2 aromatic heterocycles. The molecule has 7 nitrogen and oxygen atoms in total. The molecule has 0 fully saturated rings. The number of carbonyl (C=O) groups is 1. The van der Waals surface area contributed by atoms with E-state index in [1.165, 1.54) is 12.1 Å². The van der Waals surface area contributed by atoms with Gasteiger partial charge in [-0.3, -0.25) is 9.78 Å². The normalized spacial score (nSPS) is 11.6. The van der Waals surface area contributed by atoms with Crippen LogP contribution in [-0.4, -0.2) is 30.5 Å². The number of halogens is 2. The molecule has 1 amide bonds. The van der Waals surface area contributed by atoms with Crippen molar-refractivity contribution in [2.75, 3.05) is 6.61 Å². The number of hydrogen-bond acceptors (Lipinski definition) is 5. The Kier molecular flexibility index (Phi) is 9.11. The molecule has 0 unspecified atom stereocenters. The third-order valence-corrected chi connectivity index (χ3v) is 9.35. The fourth-order valence-corrected chi connectivity index (χ4v) is 6.52. The topological polar surface area (TPSA) is 90.3 Å². The number of carbonyl (C=O) groups excluding carboxylic acids is 1. The highest BCUT2D eigenvalue weighted by Gasteiger charge is 2.27. The second-order valence-corrected chi connectivity index (χ2v) is 13.0. The van der Waals surface area contributed by atoms with Crippen LogP contribution in [0.2, 0.25) is 10.0 Å². The average Bonchev–Trinajstić information content (AvgIpc) is 3.26. The van der Waals surface area contributed by atoms with E-state index in [1.54, 1.807) is 48.1 Å². The molecule has 0 aliphatic heterocycles. The third kappa shape index (κ3) is 6.88. The van der Waals surface area contributed by atoms with Gasteiger partial charge in [-0.25, -0.2) is 13.1 Å². The third-order valence-electron chi connectivity index (χ3n) is 7.19. The minimum atomic E-state index is -4.14. The van der Waals surface area contributed by atoms with Gasteiger partial charge in [0.1, 0.15) is 11.4 Å². The van der Waals surface area contributed by atoms with Gasteiger partial charge in [-0.05, 0) is 104 Å². The Balaban J connectivity index is 1.52. The molecule has 0 radical (unpaired) electrons. The smallest absolute Gasteiger partial charge is 0.281 e. The van der Waals surface area contributed by atoms with Crippen LogP contribution >= 0.6 is 23.2 Å². The Morgan fingerprint density at radius 3 is 2.44 bits per heavy atom. The van der Waals surface area contributed by atoms with Gasteiger partial charge >= 0.3 is 0 Å². The van der Waals surface area contributed by atoms with Gasteiger partial charge in [-0.1, -0.05) is 47.5 Å². The summed E-state index contributed by atoms with van der Waals surface area (Å²) in [6.45, 7) is 6.33. The minimum Gasteiger partial charge on any atom is -0.494 e. The van der Waals surface area contributed by atoms with E-state index in [1.807, 2.05) is 44.2 Å². The number of rotatable bonds is 10. The number of aromatic nitrogens is 2.